The number of nitrogens with one attached hydrogen (secondary N) is 2. The van der Waals surface area contributed by atoms with Gasteiger partial charge >= 0.3 is 6.09 Å². The number of allylic oxidation sites excluding steroid dienone is 2. The number of aromatic nitrogens is 4. The molecule has 320 valence electrons. The second kappa shape index (κ2) is 19.2. The van der Waals surface area contributed by atoms with Crippen LogP contribution in [0.25, 0.3) is 11.0 Å². The number of hydrogen-bond acceptors (Lipinski definition) is 12. The van der Waals surface area contributed by atoms with E-state index in [0.717, 1.165) is 25.3 Å². The fourth-order valence-electron chi connectivity index (χ4n) is 6.71. The van der Waals surface area contributed by atoms with Crippen LogP contribution in [0.15, 0.2) is 54.6 Å². The molecule has 19 nitrogen and oxygen atoms in total. The molecule has 3 heterocycles. The van der Waals surface area contributed by atoms with Crippen molar-refractivity contribution in [2.45, 2.75) is 72.6 Å². The standard InChI is InChI=1S/C41H52N10O9/c1-7-50-31(20-25(2)47-50)38(54)46-39-45-29-21-27(36(42)52)24-33(58-6)35(29)49(39)16-10-9-15-44-34-30(51(56)57)22-28(37(43)53)23-32(34)59-19-11-8-12-26-13-17-48(18-14-26)40(55)60-41(3,4)5/h8-11,20-24,26,44H,7,12-19H2,1-6H3,(H2,42,52)(H2,43,53)(H,45,46,54)/b10-9+,11-8+. The SMILES string of the molecule is CCn1nc(C)cc1C(=O)Nc1nc2cc(C(N)=O)cc(OC)c2n1C/C=C/CNc1c(OC/C=C/CC2CCN(C(=O)OC(C)(C)C)CC2)cc(C(N)=O)cc1[N+](=O)[O-]. The Morgan fingerprint density at radius 2 is 1.67 bits per heavy atom. The Balaban J connectivity index is 1.30. The summed E-state index contributed by atoms with van der Waals surface area (Å²) in [7, 11) is 1.43. The van der Waals surface area contributed by atoms with Gasteiger partial charge in [-0.25, -0.2) is 9.78 Å². The van der Waals surface area contributed by atoms with Crippen molar-refractivity contribution in [1.82, 2.24) is 24.2 Å². The van der Waals surface area contributed by atoms with Gasteiger partial charge in [-0.2, -0.15) is 5.10 Å². The van der Waals surface area contributed by atoms with Gasteiger partial charge in [0, 0.05) is 49.9 Å². The van der Waals surface area contributed by atoms with E-state index in [1.54, 1.807) is 45.4 Å². The number of amides is 4. The first-order chi connectivity index (χ1) is 28.5. The Labute approximate surface area is 346 Å². The zero-order valence-electron chi connectivity index (χ0n) is 34.6. The molecule has 4 aromatic rings. The molecule has 2 aromatic carbocycles. The highest BCUT2D eigenvalue weighted by Crippen LogP contribution is 2.36. The molecule has 0 radical (unpaired) electrons. The summed E-state index contributed by atoms with van der Waals surface area (Å²) in [5, 5.41) is 22.4. The van der Waals surface area contributed by atoms with Crippen LogP contribution in [0.3, 0.4) is 0 Å². The molecule has 4 amide bonds. The van der Waals surface area contributed by atoms with Crippen LogP contribution in [0.1, 0.15) is 83.9 Å². The Kier molecular flexibility index (Phi) is 14.2. The predicted octanol–water partition coefficient (Wildman–Crippen LogP) is 5.57. The highest BCUT2D eigenvalue weighted by atomic mass is 16.6. The lowest BCUT2D eigenvalue weighted by Crippen LogP contribution is -2.41. The van der Waals surface area contributed by atoms with Crippen molar-refractivity contribution < 1.29 is 38.3 Å². The second-order valence-corrected chi connectivity index (χ2v) is 15.2. The number of anilines is 2. The number of nitro benzene ring substituents is 1. The number of fused-ring (bicyclic) bond motifs is 1. The number of imidazole rings is 1. The number of nitrogens with zero attached hydrogens (tertiary/aromatic N) is 6. The van der Waals surface area contributed by atoms with Gasteiger partial charge in [0.05, 0.1) is 23.2 Å². The number of nitro groups is 1. The third-order valence-corrected chi connectivity index (χ3v) is 9.62. The zero-order valence-corrected chi connectivity index (χ0v) is 34.6. The first-order valence-electron chi connectivity index (χ1n) is 19.5. The first kappa shape index (κ1) is 44.2. The number of primary amides is 2. The van der Waals surface area contributed by atoms with Crippen molar-refractivity contribution in [3.8, 4) is 11.5 Å². The summed E-state index contributed by atoms with van der Waals surface area (Å²) in [6.07, 6.45) is 9.31. The number of likely N-dealkylation sites (tertiary alicyclic amines) is 1. The lowest BCUT2D eigenvalue weighted by atomic mass is 9.93. The van der Waals surface area contributed by atoms with Crippen LogP contribution in [0.4, 0.5) is 22.1 Å². The Morgan fingerprint density at radius 3 is 2.30 bits per heavy atom. The van der Waals surface area contributed by atoms with Crippen molar-refractivity contribution in [1.29, 1.82) is 0 Å². The molecule has 0 saturated carbocycles. The zero-order chi connectivity index (χ0) is 43.7. The van der Waals surface area contributed by atoms with E-state index >= 15 is 0 Å². The number of carbonyl (C=O) groups is 4. The number of piperidine rings is 1. The summed E-state index contributed by atoms with van der Waals surface area (Å²) < 4.78 is 20.3. The minimum atomic E-state index is -0.856. The summed E-state index contributed by atoms with van der Waals surface area (Å²) in [5.41, 5.74) is 12.0. The van der Waals surface area contributed by atoms with Gasteiger partial charge in [0.15, 0.2) is 11.4 Å². The van der Waals surface area contributed by atoms with Crippen molar-refractivity contribution in [3.63, 3.8) is 0 Å². The normalized spacial score (nSPS) is 13.5. The van der Waals surface area contributed by atoms with Gasteiger partial charge in [-0.15, -0.1) is 0 Å². The molecule has 1 saturated heterocycles. The highest BCUT2D eigenvalue weighted by Gasteiger charge is 2.27. The van der Waals surface area contributed by atoms with Crippen LogP contribution in [-0.2, 0) is 17.8 Å². The quantitative estimate of drug-likeness (QED) is 0.0579. The van der Waals surface area contributed by atoms with E-state index in [4.69, 9.17) is 25.7 Å². The second-order valence-electron chi connectivity index (χ2n) is 15.2. The number of nitrogens with two attached hydrogens (primary N) is 2. The van der Waals surface area contributed by atoms with Crippen LogP contribution in [0.2, 0.25) is 0 Å². The van der Waals surface area contributed by atoms with Gasteiger partial charge in [-0.05, 0) is 84.1 Å². The molecule has 0 spiro atoms. The number of hydrogen-bond donors (Lipinski definition) is 4. The molecule has 0 bridgehead atoms. The molecule has 0 aliphatic carbocycles. The fourth-order valence-corrected chi connectivity index (χ4v) is 6.71. The molecule has 5 rings (SSSR count). The monoisotopic (exact) mass is 828 g/mol. The van der Waals surface area contributed by atoms with Gasteiger partial charge in [-0.1, -0.05) is 24.3 Å². The molecule has 2 aromatic heterocycles. The molecule has 1 aliphatic rings. The average molecular weight is 829 g/mol. The van der Waals surface area contributed by atoms with E-state index in [0.29, 0.717) is 53.7 Å². The van der Waals surface area contributed by atoms with Crippen LogP contribution in [0.5, 0.6) is 11.5 Å². The molecule has 1 fully saturated rings. The van der Waals surface area contributed by atoms with E-state index in [2.05, 4.69) is 20.7 Å². The van der Waals surface area contributed by atoms with E-state index < -0.39 is 33.9 Å². The molecular formula is C41H52N10O9. The maximum Gasteiger partial charge on any atom is 0.410 e. The number of benzene rings is 2. The Bertz CT molecular complexity index is 2310. The van der Waals surface area contributed by atoms with E-state index in [1.807, 2.05) is 33.8 Å². The summed E-state index contributed by atoms with van der Waals surface area (Å²) >= 11 is 0. The van der Waals surface area contributed by atoms with Crippen molar-refractivity contribution in [2.75, 3.05) is 44.0 Å². The largest absolute Gasteiger partial charge is 0.494 e. The van der Waals surface area contributed by atoms with Gasteiger partial charge < -0.3 is 40.5 Å². The van der Waals surface area contributed by atoms with Crippen LogP contribution < -0.4 is 31.6 Å². The number of carbonyl (C=O) groups excluding carboxylic acids is 4. The van der Waals surface area contributed by atoms with Gasteiger partial charge in [0.25, 0.3) is 11.6 Å². The summed E-state index contributed by atoms with van der Waals surface area (Å²) in [6, 6.07) is 7.09. The molecular weight excluding hydrogens is 777 g/mol. The summed E-state index contributed by atoms with van der Waals surface area (Å²) in [6.45, 7) is 11.1. The smallest absolute Gasteiger partial charge is 0.410 e. The third-order valence-electron chi connectivity index (χ3n) is 9.62. The number of aryl methyl sites for hydroxylation is 2. The molecule has 19 heteroatoms. The molecule has 60 heavy (non-hydrogen) atoms. The lowest BCUT2D eigenvalue weighted by Gasteiger charge is -2.33. The van der Waals surface area contributed by atoms with Crippen LogP contribution in [-0.4, -0.2) is 91.9 Å². The lowest BCUT2D eigenvalue weighted by molar-refractivity contribution is -0.384. The van der Waals surface area contributed by atoms with Gasteiger partial charge in [-0.3, -0.25) is 34.5 Å². The van der Waals surface area contributed by atoms with Crippen molar-refractivity contribution in [2.24, 2.45) is 17.4 Å². The first-order valence-corrected chi connectivity index (χ1v) is 19.5. The van der Waals surface area contributed by atoms with Crippen molar-refractivity contribution >= 4 is 52.2 Å². The molecule has 0 atom stereocenters. The van der Waals surface area contributed by atoms with Gasteiger partial charge in [0.2, 0.25) is 17.8 Å². The van der Waals surface area contributed by atoms with Crippen LogP contribution in [0, 0.1) is 23.0 Å². The maximum absolute atomic E-state index is 13.5. The van der Waals surface area contributed by atoms with Crippen LogP contribution >= 0.6 is 0 Å². The fraction of sp³-hybridized carbons (Fsp3) is 0.415. The minimum absolute atomic E-state index is 0.0436. The number of rotatable bonds is 17. The summed E-state index contributed by atoms with van der Waals surface area (Å²) in [4.78, 5) is 68.0. The Morgan fingerprint density at radius 1 is 0.983 bits per heavy atom. The predicted molar refractivity (Wildman–Crippen MR) is 224 cm³/mol. The summed E-state index contributed by atoms with van der Waals surface area (Å²) in [5.74, 6) is -1.13. The van der Waals surface area contributed by atoms with E-state index in [-0.39, 0.29) is 54.3 Å². The molecule has 1 aliphatic heterocycles. The Hall–Kier alpha value is -6.92. The minimum Gasteiger partial charge on any atom is -0.494 e. The van der Waals surface area contributed by atoms with E-state index in [9.17, 15) is 29.3 Å². The number of ether oxygens (including phenoxy) is 3. The maximum atomic E-state index is 13.5. The molecule has 6 N–H and O–H groups in total. The van der Waals surface area contributed by atoms with E-state index in [1.165, 1.54) is 25.3 Å². The topological polar surface area (TPSA) is 254 Å². The molecule has 0 unspecified atom stereocenters. The highest BCUT2D eigenvalue weighted by molar-refractivity contribution is 6.04. The van der Waals surface area contributed by atoms with Gasteiger partial charge in [0.1, 0.15) is 29.2 Å². The number of methoxy groups -OCH3 is 1. The average Bonchev–Trinajstić information content (AvgIpc) is 3.75. The third kappa shape index (κ3) is 11.0. The van der Waals surface area contributed by atoms with Crippen molar-refractivity contribution in [3.05, 3.63) is 87.3 Å².